The molecule has 2 aliphatic heterocycles. The van der Waals surface area contributed by atoms with E-state index in [0.29, 0.717) is 0 Å². The summed E-state index contributed by atoms with van der Waals surface area (Å²) in [6.45, 7) is 12.9. The van der Waals surface area contributed by atoms with Crippen LogP contribution in [0.3, 0.4) is 0 Å². The Morgan fingerprint density at radius 3 is 2.27 bits per heavy atom. The Hall–Kier alpha value is -2.84. The van der Waals surface area contributed by atoms with Crippen LogP contribution in [0.25, 0.3) is 0 Å². The maximum Gasteiger partial charge on any atom is 0.209 e. The largest absolute Gasteiger partial charge is 1.00 e. The van der Waals surface area contributed by atoms with E-state index in [1.54, 1.807) is 0 Å². The molecule has 0 saturated carbocycles. The summed E-state index contributed by atoms with van der Waals surface area (Å²) in [5, 5.41) is 0. The minimum atomic E-state index is 0. The van der Waals surface area contributed by atoms with Gasteiger partial charge in [0.15, 0.2) is 5.71 Å². The molecule has 218 valence electrons. The van der Waals surface area contributed by atoms with E-state index in [4.69, 9.17) is 0 Å². The highest BCUT2D eigenvalue weighted by Gasteiger charge is 2.42. The number of hydrogen-bond donors (Lipinski definition) is 0. The molecule has 41 heavy (non-hydrogen) atoms. The molecule has 2 heterocycles. The maximum absolute atomic E-state index is 2.61. The number of fused-ring (bicyclic) bond motifs is 2. The summed E-state index contributed by atoms with van der Waals surface area (Å²) in [5.41, 5.74) is 11.3. The SMILES string of the molecule is CCCCCCCN1C(=CC=C2C=C(C=CC3=[N+](C)c4ccccc4C3(C)C)CCC2)C(C)(C)c2ccccc21.[Cl-]. The van der Waals surface area contributed by atoms with Crippen molar-refractivity contribution >= 4 is 17.1 Å². The first-order valence-corrected chi connectivity index (χ1v) is 15.6. The van der Waals surface area contributed by atoms with Crippen molar-refractivity contribution in [1.29, 1.82) is 0 Å². The van der Waals surface area contributed by atoms with Crippen molar-refractivity contribution in [2.45, 2.75) is 96.8 Å². The van der Waals surface area contributed by atoms with Crippen LogP contribution in [-0.2, 0) is 10.8 Å². The van der Waals surface area contributed by atoms with Crippen LogP contribution >= 0.6 is 0 Å². The Labute approximate surface area is 255 Å². The lowest BCUT2D eigenvalue weighted by Gasteiger charge is -2.27. The molecule has 0 aromatic heterocycles. The number of benzene rings is 2. The van der Waals surface area contributed by atoms with Gasteiger partial charge < -0.3 is 17.3 Å². The standard InChI is InChI=1S/C38H49N2.ClH/c1-7-8-9-10-15-27-40-34-22-14-12-20-32(34)38(4,5)36(40)26-24-30-18-16-17-29(28-30)23-25-35-37(2,3)31-19-11-13-21-33(31)39(35)6;/h11-14,19-26,28H,7-10,15-18,27H2,1-6H3;1H/q+1;/p-1. The van der Waals surface area contributed by atoms with Crippen LogP contribution in [0.5, 0.6) is 0 Å². The van der Waals surface area contributed by atoms with E-state index in [1.165, 1.54) is 83.6 Å². The van der Waals surface area contributed by atoms with Crippen LogP contribution in [0.15, 0.2) is 95.8 Å². The number of halogens is 1. The monoisotopic (exact) mass is 568 g/mol. The third kappa shape index (κ3) is 6.19. The minimum Gasteiger partial charge on any atom is -1.00 e. The second-order valence-electron chi connectivity index (χ2n) is 13.0. The van der Waals surface area contributed by atoms with Gasteiger partial charge >= 0.3 is 0 Å². The first kappa shape index (κ1) is 31.1. The molecule has 0 fully saturated rings. The Morgan fingerprint density at radius 1 is 0.805 bits per heavy atom. The van der Waals surface area contributed by atoms with Gasteiger partial charge in [0.2, 0.25) is 5.69 Å². The first-order valence-electron chi connectivity index (χ1n) is 15.6. The van der Waals surface area contributed by atoms with Crippen molar-refractivity contribution in [1.82, 2.24) is 0 Å². The van der Waals surface area contributed by atoms with Crippen molar-refractivity contribution in [2.75, 3.05) is 18.5 Å². The van der Waals surface area contributed by atoms with E-state index in [-0.39, 0.29) is 23.2 Å². The van der Waals surface area contributed by atoms with Crippen molar-refractivity contribution in [3.8, 4) is 0 Å². The van der Waals surface area contributed by atoms with Crippen LogP contribution in [-0.4, -0.2) is 23.9 Å². The molecule has 0 radical (unpaired) electrons. The molecule has 3 aliphatic rings. The molecule has 0 N–H and O–H groups in total. The molecule has 0 atom stereocenters. The normalized spacial score (nSPS) is 20.9. The molecule has 2 aromatic carbocycles. The summed E-state index contributed by atoms with van der Waals surface area (Å²) in [5.74, 6) is 0. The molecule has 0 unspecified atom stereocenters. The predicted octanol–water partition coefficient (Wildman–Crippen LogP) is 6.94. The molecular formula is C38H49ClN2. The van der Waals surface area contributed by atoms with Crippen LogP contribution < -0.4 is 17.3 Å². The average Bonchev–Trinajstić information content (AvgIpc) is 3.29. The molecule has 2 nitrogen and oxygen atoms in total. The van der Waals surface area contributed by atoms with Crippen LogP contribution in [0, 0.1) is 0 Å². The third-order valence-electron chi connectivity index (χ3n) is 9.44. The lowest BCUT2D eigenvalue weighted by Crippen LogP contribution is -3.00. The van der Waals surface area contributed by atoms with Gasteiger partial charge in [-0.2, -0.15) is 4.58 Å². The topological polar surface area (TPSA) is 6.25 Å². The van der Waals surface area contributed by atoms with E-state index in [2.05, 4.69) is 130 Å². The number of para-hydroxylation sites is 2. The second-order valence-corrected chi connectivity index (χ2v) is 13.0. The number of nitrogens with zero attached hydrogens (tertiary/aromatic N) is 2. The Bertz CT molecular complexity index is 1400. The zero-order valence-electron chi connectivity index (χ0n) is 26.1. The van der Waals surface area contributed by atoms with Gasteiger partial charge in [-0.3, -0.25) is 0 Å². The van der Waals surface area contributed by atoms with Crippen molar-refractivity contribution in [3.63, 3.8) is 0 Å². The molecule has 0 spiro atoms. The Kier molecular flexibility index (Phi) is 9.85. The van der Waals surface area contributed by atoms with Gasteiger partial charge in [-0.05, 0) is 68.4 Å². The van der Waals surface area contributed by atoms with Gasteiger partial charge in [0.25, 0.3) is 0 Å². The van der Waals surface area contributed by atoms with Gasteiger partial charge in [0.05, 0.1) is 5.41 Å². The summed E-state index contributed by atoms with van der Waals surface area (Å²) in [6, 6.07) is 17.9. The molecule has 3 heteroatoms. The van der Waals surface area contributed by atoms with E-state index in [1.807, 2.05) is 0 Å². The summed E-state index contributed by atoms with van der Waals surface area (Å²) >= 11 is 0. The quantitative estimate of drug-likeness (QED) is 0.234. The predicted molar refractivity (Wildman–Crippen MR) is 173 cm³/mol. The van der Waals surface area contributed by atoms with Gasteiger partial charge in [-0.1, -0.05) is 101 Å². The van der Waals surface area contributed by atoms with E-state index >= 15 is 0 Å². The summed E-state index contributed by atoms with van der Waals surface area (Å²) in [4.78, 5) is 2.61. The average molecular weight is 569 g/mol. The maximum atomic E-state index is 2.61. The lowest BCUT2D eigenvalue weighted by atomic mass is 9.81. The second kappa shape index (κ2) is 13.0. The highest BCUT2D eigenvalue weighted by Crippen LogP contribution is 2.48. The highest BCUT2D eigenvalue weighted by atomic mass is 35.5. The highest BCUT2D eigenvalue weighted by molar-refractivity contribution is 6.03. The third-order valence-corrected chi connectivity index (χ3v) is 9.44. The van der Waals surface area contributed by atoms with Crippen molar-refractivity contribution in [2.24, 2.45) is 0 Å². The number of anilines is 1. The fraction of sp³-hybridized carbons (Fsp3) is 0.447. The number of allylic oxidation sites excluding steroid dienone is 8. The summed E-state index contributed by atoms with van der Waals surface area (Å²) in [6.07, 6.45) is 22.1. The molecule has 2 aromatic rings. The fourth-order valence-electron chi connectivity index (χ4n) is 7.07. The van der Waals surface area contributed by atoms with Gasteiger partial charge in [0.1, 0.15) is 7.05 Å². The smallest absolute Gasteiger partial charge is 0.209 e. The van der Waals surface area contributed by atoms with Crippen LogP contribution in [0.1, 0.15) is 97.1 Å². The Balaban J connectivity index is 0.00000387. The number of hydrogen-bond acceptors (Lipinski definition) is 1. The van der Waals surface area contributed by atoms with Gasteiger partial charge in [-0.25, -0.2) is 0 Å². The fourth-order valence-corrected chi connectivity index (χ4v) is 7.07. The zero-order valence-corrected chi connectivity index (χ0v) is 26.9. The van der Waals surface area contributed by atoms with Gasteiger partial charge in [-0.15, -0.1) is 0 Å². The minimum absolute atomic E-state index is 0. The molecule has 0 saturated heterocycles. The van der Waals surface area contributed by atoms with E-state index in [0.717, 1.165) is 19.4 Å². The number of rotatable bonds is 9. The molecule has 0 amide bonds. The van der Waals surface area contributed by atoms with E-state index < -0.39 is 0 Å². The van der Waals surface area contributed by atoms with Crippen molar-refractivity contribution < 1.29 is 17.0 Å². The van der Waals surface area contributed by atoms with Crippen LogP contribution in [0.4, 0.5) is 11.4 Å². The zero-order chi connectivity index (χ0) is 28.3. The molecule has 0 bridgehead atoms. The number of unbranched alkanes of at least 4 members (excludes halogenated alkanes) is 4. The van der Waals surface area contributed by atoms with Gasteiger partial charge in [0, 0.05) is 41.1 Å². The van der Waals surface area contributed by atoms with E-state index in [9.17, 15) is 0 Å². The molecule has 5 rings (SSSR count). The summed E-state index contributed by atoms with van der Waals surface area (Å²) in [7, 11) is 2.21. The van der Waals surface area contributed by atoms with Crippen LogP contribution in [0.2, 0.25) is 0 Å². The van der Waals surface area contributed by atoms with Crippen molar-refractivity contribution in [3.05, 3.63) is 107 Å². The first-order chi connectivity index (χ1) is 19.2. The molecule has 1 aliphatic carbocycles. The Morgan fingerprint density at radius 2 is 1.51 bits per heavy atom. The summed E-state index contributed by atoms with van der Waals surface area (Å²) < 4.78 is 2.37. The lowest BCUT2D eigenvalue weighted by molar-refractivity contribution is -0.401. The molecular weight excluding hydrogens is 520 g/mol.